The molecule has 0 unspecified atom stereocenters. The molecule has 1 aliphatic carbocycles. The number of hydrogen-bond donors (Lipinski definition) is 4. The van der Waals surface area contributed by atoms with Crippen molar-refractivity contribution in [3.05, 3.63) is 12.4 Å². The first-order chi connectivity index (χ1) is 16.5. The van der Waals surface area contributed by atoms with Crippen LogP contribution in [0.15, 0.2) is 12.4 Å². The fourth-order valence-electron chi connectivity index (χ4n) is 3.74. The molecule has 35 heavy (non-hydrogen) atoms. The van der Waals surface area contributed by atoms with Crippen LogP contribution in [0.25, 0.3) is 0 Å². The van der Waals surface area contributed by atoms with Crippen LogP contribution in [0.1, 0.15) is 12.8 Å². The first-order valence-corrected chi connectivity index (χ1v) is 11.3. The molecule has 14 heteroatoms. The van der Waals surface area contributed by atoms with E-state index in [1.165, 1.54) is 22.2 Å². The predicted molar refractivity (Wildman–Crippen MR) is 120 cm³/mol. The molecule has 14 nitrogen and oxygen atoms in total. The summed E-state index contributed by atoms with van der Waals surface area (Å²) in [7, 11) is 0. The molecule has 2 aliphatic rings. The van der Waals surface area contributed by atoms with Crippen molar-refractivity contribution in [1.29, 1.82) is 0 Å². The zero-order valence-corrected chi connectivity index (χ0v) is 19.5. The summed E-state index contributed by atoms with van der Waals surface area (Å²) >= 11 is 0. The van der Waals surface area contributed by atoms with E-state index in [-0.39, 0.29) is 77.4 Å². The second kappa shape index (κ2) is 13.5. The second-order valence-corrected chi connectivity index (χ2v) is 8.62. The van der Waals surface area contributed by atoms with E-state index in [1.54, 1.807) is 14.7 Å². The van der Waals surface area contributed by atoms with Crippen molar-refractivity contribution in [3.63, 3.8) is 0 Å². The van der Waals surface area contributed by atoms with Crippen LogP contribution in [0.2, 0.25) is 0 Å². The van der Waals surface area contributed by atoms with E-state index in [0.717, 1.165) is 12.8 Å². The van der Waals surface area contributed by atoms with Crippen LogP contribution < -0.4 is 0 Å². The van der Waals surface area contributed by atoms with E-state index in [4.69, 9.17) is 5.11 Å². The quantitative estimate of drug-likeness (QED) is 0.245. The molecule has 0 atom stereocenters. The number of aliphatic carboxylic acids is 4. The number of carbonyl (C=O) groups excluding carboxylic acids is 1. The zero-order chi connectivity index (χ0) is 26.0. The molecule has 0 bridgehead atoms. The number of amides is 1. The number of hydrogen-bond acceptors (Lipinski definition) is 9. The predicted octanol–water partition coefficient (Wildman–Crippen LogP) is -1.99. The first kappa shape index (κ1) is 27.9. The van der Waals surface area contributed by atoms with Crippen LogP contribution in [0.5, 0.6) is 0 Å². The van der Waals surface area contributed by atoms with Crippen molar-refractivity contribution in [3.8, 4) is 0 Å². The van der Waals surface area contributed by atoms with Gasteiger partial charge in [0.2, 0.25) is 5.91 Å². The van der Waals surface area contributed by atoms with Crippen LogP contribution >= 0.6 is 0 Å². The smallest absolute Gasteiger partial charge is 0.323 e. The Morgan fingerprint density at radius 3 is 1.46 bits per heavy atom. The molecular formula is C21H33N5O9. The van der Waals surface area contributed by atoms with Gasteiger partial charge in [0.1, 0.15) is 13.1 Å². The van der Waals surface area contributed by atoms with Crippen molar-refractivity contribution in [2.24, 2.45) is 0 Å². The van der Waals surface area contributed by atoms with Gasteiger partial charge in [0, 0.05) is 57.7 Å². The van der Waals surface area contributed by atoms with E-state index < -0.39 is 30.4 Å². The Balaban J connectivity index is 2.21. The summed E-state index contributed by atoms with van der Waals surface area (Å²) in [5.41, 5.74) is 0. The topological polar surface area (TPSA) is 182 Å². The summed E-state index contributed by atoms with van der Waals surface area (Å²) in [4.78, 5) is 65.6. The lowest BCUT2D eigenvalue weighted by Crippen LogP contribution is -2.47. The van der Waals surface area contributed by atoms with Gasteiger partial charge in [-0.05, 0) is 12.8 Å². The molecule has 4 N–H and O–H groups in total. The van der Waals surface area contributed by atoms with E-state index in [2.05, 4.69) is 0 Å². The number of rotatable bonds is 11. The van der Waals surface area contributed by atoms with E-state index >= 15 is 0 Å². The summed E-state index contributed by atoms with van der Waals surface area (Å²) < 4.78 is 0. The molecule has 1 aliphatic heterocycles. The van der Waals surface area contributed by atoms with Crippen molar-refractivity contribution >= 4 is 29.8 Å². The Bertz CT molecular complexity index is 817. The molecular weight excluding hydrogens is 466 g/mol. The summed E-state index contributed by atoms with van der Waals surface area (Å²) in [6, 6.07) is -0.109. The molecule has 196 valence electrons. The molecule has 0 saturated heterocycles. The Morgan fingerprint density at radius 2 is 1.06 bits per heavy atom. The van der Waals surface area contributed by atoms with Gasteiger partial charge < -0.3 is 35.1 Å². The number of carbonyl (C=O) groups is 5. The van der Waals surface area contributed by atoms with Crippen LogP contribution in [0, 0.1) is 0 Å². The van der Waals surface area contributed by atoms with Gasteiger partial charge in [-0.3, -0.25) is 33.8 Å². The summed E-state index contributed by atoms with van der Waals surface area (Å²) in [6.45, 7) is -0.0115. The van der Waals surface area contributed by atoms with Gasteiger partial charge >= 0.3 is 23.9 Å². The van der Waals surface area contributed by atoms with Crippen LogP contribution in [0.3, 0.4) is 0 Å². The largest absolute Gasteiger partial charge is 0.480 e. The molecule has 0 spiro atoms. The summed E-state index contributed by atoms with van der Waals surface area (Å²) in [5.74, 6) is -4.67. The lowest BCUT2D eigenvalue weighted by atomic mass is 10.3. The highest BCUT2D eigenvalue weighted by Crippen LogP contribution is 2.26. The molecule has 1 heterocycles. The highest BCUT2D eigenvalue weighted by atomic mass is 16.4. The van der Waals surface area contributed by atoms with Gasteiger partial charge in [-0.15, -0.1) is 0 Å². The molecule has 1 saturated carbocycles. The maximum Gasteiger partial charge on any atom is 0.323 e. The summed E-state index contributed by atoms with van der Waals surface area (Å²) in [5, 5.41) is 36.8. The van der Waals surface area contributed by atoms with Gasteiger partial charge in [-0.2, -0.15) is 0 Å². The fraction of sp³-hybridized carbons (Fsp3) is 0.667. The summed E-state index contributed by atoms with van der Waals surface area (Å²) in [6.07, 6.45) is 4.51. The maximum absolute atomic E-state index is 12.9. The molecule has 1 fully saturated rings. The minimum Gasteiger partial charge on any atom is -0.480 e. The highest BCUT2D eigenvalue weighted by Gasteiger charge is 2.34. The lowest BCUT2D eigenvalue weighted by Gasteiger charge is -2.32. The van der Waals surface area contributed by atoms with E-state index in [9.17, 15) is 39.3 Å². The highest BCUT2D eigenvalue weighted by molar-refractivity contribution is 5.83. The van der Waals surface area contributed by atoms with Crippen molar-refractivity contribution in [1.82, 2.24) is 24.5 Å². The fourth-order valence-corrected chi connectivity index (χ4v) is 3.74. The third kappa shape index (κ3) is 11.1. The van der Waals surface area contributed by atoms with Gasteiger partial charge in [0.05, 0.1) is 19.6 Å². The number of nitrogens with zero attached hydrogens (tertiary/aromatic N) is 5. The zero-order valence-electron chi connectivity index (χ0n) is 19.5. The van der Waals surface area contributed by atoms with E-state index in [0.29, 0.717) is 0 Å². The SMILES string of the molecule is O=C(O)CN1/C=C\N(CC(=O)N(CC(=O)O)C2CC2)CCN(CC(=O)O)CCN(CC(=O)O)CC1. The molecule has 2 rings (SSSR count). The average Bonchev–Trinajstić information content (AvgIpc) is 3.57. The molecule has 0 aromatic carbocycles. The number of carboxylic acid groups (broad SMARTS) is 4. The van der Waals surface area contributed by atoms with Gasteiger partial charge in [0.15, 0.2) is 0 Å². The lowest BCUT2D eigenvalue weighted by molar-refractivity contribution is -0.145. The maximum atomic E-state index is 12.9. The van der Waals surface area contributed by atoms with Crippen molar-refractivity contribution in [2.45, 2.75) is 18.9 Å². The Hall–Kier alpha value is -3.39. The minimum absolute atomic E-state index is 0.109. The third-order valence-electron chi connectivity index (χ3n) is 5.64. The second-order valence-electron chi connectivity index (χ2n) is 8.62. The van der Waals surface area contributed by atoms with Gasteiger partial charge in [-0.1, -0.05) is 0 Å². The molecule has 1 amide bonds. The normalized spacial score (nSPS) is 19.3. The Labute approximate surface area is 202 Å². The minimum atomic E-state index is -1.11. The molecule has 0 aromatic heterocycles. The Morgan fingerprint density at radius 1 is 0.629 bits per heavy atom. The molecule has 0 radical (unpaired) electrons. The van der Waals surface area contributed by atoms with E-state index in [1.807, 2.05) is 0 Å². The van der Waals surface area contributed by atoms with Crippen LogP contribution in [-0.4, -0.2) is 153 Å². The monoisotopic (exact) mass is 499 g/mol. The van der Waals surface area contributed by atoms with Crippen molar-refractivity contribution in [2.75, 3.05) is 72.0 Å². The Kier molecular flexibility index (Phi) is 10.7. The van der Waals surface area contributed by atoms with Gasteiger partial charge in [0.25, 0.3) is 0 Å². The van der Waals surface area contributed by atoms with Crippen molar-refractivity contribution < 1.29 is 44.4 Å². The third-order valence-corrected chi connectivity index (χ3v) is 5.64. The standard InChI is InChI=1S/C21H33N5O9/c27-17(26(15-21(34)35)16-1-2-16)11-22-3-5-23(12-18(28)29)7-9-25(14-20(32)33)10-8-24(6-4-22)13-19(30)31/h3,5,16H,1-2,4,6-15H2,(H,28,29)(H,30,31)(H,32,33)(H,34,35)/b5-3-. The van der Waals surface area contributed by atoms with Crippen LogP contribution in [-0.2, 0) is 24.0 Å². The number of carboxylic acids is 4. The van der Waals surface area contributed by atoms with Gasteiger partial charge in [-0.25, -0.2) is 0 Å². The first-order valence-electron chi connectivity index (χ1n) is 11.3. The van der Waals surface area contributed by atoms with Crippen LogP contribution in [0.4, 0.5) is 0 Å². The average molecular weight is 500 g/mol. The molecule has 0 aromatic rings.